The van der Waals surface area contributed by atoms with Gasteiger partial charge < -0.3 is 14.8 Å². The Morgan fingerprint density at radius 1 is 0.914 bits per heavy atom. The van der Waals surface area contributed by atoms with Crippen molar-refractivity contribution in [3.8, 4) is 5.75 Å². The molecular formula is C26H28N2O6S. The van der Waals surface area contributed by atoms with Crippen molar-refractivity contribution in [2.75, 3.05) is 25.6 Å². The first-order valence-electron chi connectivity index (χ1n) is 11.1. The average molecular weight is 497 g/mol. The maximum Gasteiger partial charge on any atom is 0.310 e. The van der Waals surface area contributed by atoms with Gasteiger partial charge in [0.05, 0.1) is 20.1 Å². The Hall–Kier alpha value is -3.69. The molecule has 0 heterocycles. The third-order valence-corrected chi connectivity index (χ3v) is 6.61. The second-order valence-electron chi connectivity index (χ2n) is 7.63. The van der Waals surface area contributed by atoms with E-state index >= 15 is 0 Å². The highest BCUT2D eigenvalue weighted by atomic mass is 32.2. The van der Waals surface area contributed by atoms with E-state index < -0.39 is 15.9 Å². The number of nitrogens with one attached hydrogen (secondary N) is 2. The number of hydrogen-bond donors (Lipinski definition) is 2. The van der Waals surface area contributed by atoms with E-state index in [1.54, 1.807) is 31.2 Å². The first kappa shape index (κ1) is 25.9. The summed E-state index contributed by atoms with van der Waals surface area (Å²) in [4.78, 5) is 24.3. The molecule has 0 aliphatic heterocycles. The van der Waals surface area contributed by atoms with Crippen molar-refractivity contribution >= 4 is 27.6 Å². The van der Waals surface area contributed by atoms with Crippen molar-refractivity contribution in [3.63, 3.8) is 0 Å². The Balaban J connectivity index is 1.70. The Morgan fingerprint density at radius 2 is 1.63 bits per heavy atom. The maximum absolute atomic E-state index is 12.9. The predicted octanol–water partition coefficient (Wildman–Crippen LogP) is 3.57. The molecule has 35 heavy (non-hydrogen) atoms. The van der Waals surface area contributed by atoms with Crippen LogP contribution in [0.4, 0.5) is 5.69 Å². The van der Waals surface area contributed by atoms with Crippen LogP contribution in [0, 0.1) is 0 Å². The van der Waals surface area contributed by atoms with E-state index in [1.165, 1.54) is 25.3 Å². The van der Waals surface area contributed by atoms with Crippen LogP contribution < -0.4 is 14.8 Å². The lowest BCUT2D eigenvalue weighted by Crippen LogP contribution is -2.27. The summed E-state index contributed by atoms with van der Waals surface area (Å²) >= 11 is 0. The van der Waals surface area contributed by atoms with Gasteiger partial charge in [0.1, 0.15) is 10.6 Å². The molecule has 0 aliphatic carbocycles. The molecule has 184 valence electrons. The van der Waals surface area contributed by atoms with E-state index in [4.69, 9.17) is 9.47 Å². The molecule has 0 saturated heterocycles. The summed E-state index contributed by atoms with van der Waals surface area (Å²) in [6.07, 6.45) is 0.660. The molecule has 8 nitrogen and oxygen atoms in total. The molecule has 0 aliphatic rings. The topological polar surface area (TPSA) is 111 Å². The molecule has 0 aromatic heterocycles. The van der Waals surface area contributed by atoms with Crippen molar-refractivity contribution in [2.24, 2.45) is 0 Å². The Labute approximate surface area is 205 Å². The fraction of sp³-hybridized carbons (Fsp3) is 0.231. The van der Waals surface area contributed by atoms with E-state index in [9.17, 15) is 18.0 Å². The number of esters is 1. The van der Waals surface area contributed by atoms with E-state index in [0.29, 0.717) is 18.7 Å². The van der Waals surface area contributed by atoms with E-state index in [1.807, 2.05) is 30.3 Å². The number of carbonyl (C=O) groups excluding carboxylic acids is 2. The second kappa shape index (κ2) is 12.1. The first-order valence-corrected chi connectivity index (χ1v) is 12.6. The highest BCUT2D eigenvalue weighted by Gasteiger charge is 2.21. The van der Waals surface area contributed by atoms with Gasteiger partial charge >= 0.3 is 5.97 Å². The normalized spacial score (nSPS) is 11.0. The lowest BCUT2D eigenvalue weighted by molar-refractivity contribution is -0.142. The predicted molar refractivity (Wildman–Crippen MR) is 133 cm³/mol. The van der Waals surface area contributed by atoms with Gasteiger partial charge in [0.25, 0.3) is 5.91 Å². The van der Waals surface area contributed by atoms with Crippen molar-refractivity contribution in [1.29, 1.82) is 0 Å². The van der Waals surface area contributed by atoms with Gasteiger partial charge in [-0.05, 0) is 54.8 Å². The first-order chi connectivity index (χ1) is 16.8. The highest BCUT2D eigenvalue weighted by Crippen LogP contribution is 2.25. The van der Waals surface area contributed by atoms with Crippen molar-refractivity contribution in [1.82, 2.24) is 4.72 Å². The number of rotatable bonds is 11. The largest absolute Gasteiger partial charge is 0.495 e. The number of anilines is 1. The van der Waals surface area contributed by atoms with Gasteiger partial charge in [-0.3, -0.25) is 9.59 Å². The SMILES string of the molecule is CCOC(=O)Cc1ccc(NC(=O)c2ccc(OC)c(S(=O)(=O)NCCc3ccccc3)c2)cc1. The number of sulfonamides is 1. The summed E-state index contributed by atoms with van der Waals surface area (Å²) in [5.74, 6) is -0.669. The zero-order valence-corrected chi connectivity index (χ0v) is 20.4. The summed E-state index contributed by atoms with van der Waals surface area (Å²) in [5, 5.41) is 2.73. The number of hydrogen-bond acceptors (Lipinski definition) is 6. The minimum atomic E-state index is -3.92. The van der Waals surface area contributed by atoms with Gasteiger partial charge in [-0.1, -0.05) is 42.5 Å². The number of amides is 1. The van der Waals surface area contributed by atoms with E-state index in [2.05, 4.69) is 10.0 Å². The second-order valence-corrected chi connectivity index (χ2v) is 9.37. The molecule has 3 aromatic carbocycles. The van der Waals surface area contributed by atoms with Crippen LogP contribution in [0.3, 0.4) is 0 Å². The standard InChI is InChI=1S/C26H28N2O6S/c1-3-34-25(29)17-20-9-12-22(13-10-20)28-26(30)21-11-14-23(33-2)24(18-21)35(31,32)27-16-15-19-7-5-4-6-8-19/h4-14,18,27H,3,15-17H2,1-2H3,(H,28,30). The Kier molecular flexibility index (Phi) is 8.99. The molecule has 9 heteroatoms. The van der Waals surface area contributed by atoms with Crippen LogP contribution in [0.5, 0.6) is 5.75 Å². The molecule has 0 bridgehead atoms. The number of methoxy groups -OCH3 is 1. The summed E-state index contributed by atoms with van der Waals surface area (Å²) in [7, 11) is -2.55. The molecule has 0 saturated carbocycles. The molecule has 3 aromatic rings. The molecule has 0 atom stereocenters. The lowest BCUT2D eigenvalue weighted by atomic mass is 10.1. The number of ether oxygens (including phenoxy) is 2. The molecule has 0 fully saturated rings. The van der Waals surface area contributed by atoms with Gasteiger partial charge in [-0.15, -0.1) is 0 Å². The quantitative estimate of drug-likeness (QED) is 0.393. The fourth-order valence-corrected chi connectivity index (χ4v) is 4.59. The van der Waals surface area contributed by atoms with Gasteiger partial charge in [-0.25, -0.2) is 13.1 Å². The summed E-state index contributed by atoms with van der Waals surface area (Å²) in [6, 6.07) is 20.5. The molecule has 0 radical (unpaired) electrons. The van der Waals surface area contributed by atoms with Crippen molar-refractivity contribution < 1.29 is 27.5 Å². The van der Waals surface area contributed by atoms with Crippen molar-refractivity contribution in [2.45, 2.75) is 24.7 Å². The van der Waals surface area contributed by atoms with E-state index in [0.717, 1.165) is 11.1 Å². The monoisotopic (exact) mass is 496 g/mol. The van der Waals surface area contributed by atoms with Gasteiger partial charge in [0, 0.05) is 17.8 Å². The van der Waals surface area contributed by atoms with Gasteiger partial charge in [0.2, 0.25) is 10.0 Å². The average Bonchev–Trinajstić information content (AvgIpc) is 2.85. The van der Waals surface area contributed by atoms with Crippen LogP contribution in [0.15, 0.2) is 77.7 Å². The van der Waals surface area contributed by atoms with Crippen LogP contribution in [0.1, 0.15) is 28.4 Å². The zero-order valence-electron chi connectivity index (χ0n) is 19.6. The smallest absolute Gasteiger partial charge is 0.310 e. The molecular weight excluding hydrogens is 468 g/mol. The fourth-order valence-electron chi connectivity index (χ4n) is 3.37. The minimum absolute atomic E-state index is 0.120. The van der Waals surface area contributed by atoms with Gasteiger partial charge in [-0.2, -0.15) is 0 Å². The number of benzene rings is 3. The van der Waals surface area contributed by atoms with E-state index in [-0.39, 0.29) is 35.1 Å². The molecule has 0 spiro atoms. The summed E-state index contributed by atoms with van der Waals surface area (Å²) in [6.45, 7) is 2.26. The minimum Gasteiger partial charge on any atom is -0.495 e. The zero-order chi connectivity index (χ0) is 25.3. The van der Waals surface area contributed by atoms with Crippen LogP contribution >= 0.6 is 0 Å². The lowest BCUT2D eigenvalue weighted by Gasteiger charge is -2.13. The third kappa shape index (κ3) is 7.40. The van der Waals surface area contributed by atoms with Crippen LogP contribution in [0.2, 0.25) is 0 Å². The molecule has 0 unspecified atom stereocenters. The third-order valence-electron chi connectivity index (χ3n) is 5.13. The van der Waals surface area contributed by atoms with Crippen LogP contribution in [-0.4, -0.2) is 40.6 Å². The summed E-state index contributed by atoms with van der Waals surface area (Å²) < 4.78 is 38.6. The molecule has 3 rings (SSSR count). The highest BCUT2D eigenvalue weighted by molar-refractivity contribution is 7.89. The van der Waals surface area contributed by atoms with Gasteiger partial charge in [0.15, 0.2) is 0 Å². The Bertz CT molecular complexity index is 1260. The van der Waals surface area contributed by atoms with Crippen molar-refractivity contribution in [3.05, 3.63) is 89.5 Å². The summed E-state index contributed by atoms with van der Waals surface area (Å²) in [5.41, 5.74) is 2.41. The molecule has 1 amide bonds. The van der Waals surface area contributed by atoms with Crippen LogP contribution in [-0.2, 0) is 32.4 Å². The Morgan fingerprint density at radius 3 is 2.29 bits per heavy atom. The molecule has 2 N–H and O–H groups in total. The van der Waals surface area contributed by atoms with Crippen LogP contribution in [0.25, 0.3) is 0 Å². The maximum atomic E-state index is 12.9. The number of carbonyl (C=O) groups is 2.